The zero-order valence-corrected chi connectivity index (χ0v) is 12.5. The molecule has 2 aromatic carbocycles. The molecule has 1 amide bonds. The second-order valence-corrected chi connectivity index (χ2v) is 5.47. The first-order chi connectivity index (χ1) is 10.5. The van der Waals surface area contributed by atoms with Crippen molar-refractivity contribution in [3.05, 3.63) is 71.2 Å². The molecule has 0 fully saturated rings. The second kappa shape index (κ2) is 5.64. The summed E-state index contributed by atoms with van der Waals surface area (Å²) in [5, 5.41) is 3.93. The first-order valence-corrected chi connectivity index (χ1v) is 7.19. The van der Waals surface area contributed by atoms with Gasteiger partial charge in [0.05, 0.1) is 11.6 Å². The van der Waals surface area contributed by atoms with Crippen LogP contribution in [0.15, 0.2) is 48.5 Å². The van der Waals surface area contributed by atoms with Crippen LogP contribution in [0.4, 0.5) is 4.39 Å². The molecule has 0 aliphatic carbocycles. The number of aryl methyl sites for hydroxylation is 1. The maximum Gasteiger partial charge on any atom is 0.254 e. The summed E-state index contributed by atoms with van der Waals surface area (Å²) in [6, 6.07) is 13.8. The number of hydrogen-bond donors (Lipinski definition) is 2. The van der Waals surface area contributed by atoms with Crippen molar-refractivity contribution < 1.29 is 9.18 Å². The summed E-state index contributed by atoms with van der Waals surface area (Å²) in [5.41, 5.74) is 3.20. The van der Waals surface area contributed by atoms with E-state index in [0.29, 0.717) is 0 Å². The molecule has 0 aliphatic rings. The minimum absolute atomic E-state index is 0.0629. The maximum absolute atomic E-state index is 13.6. The van der Waals surface area contributed by atoms with Crippen LogP contribution in [0.3, 0.4) is 0 Å². The van der Waals surface area contributed by atoms with Gasteiger partial charge in [-0.05, 0) is 55.1 Å². The predicted octanol–water partition coefficient (Wildman–Crippen LogP) is 4.11. The Morgan fingerprint density at radius 3 is 2.73 bits per heavy atom. The number of carbonyl (C=O) groups is 1. The van der Waals surface area contributed by atoms with E-state index >= 15 is 0 Å². The van der Waals surface area contributed by atoms with Crippen molar-refractivity contribution in [3.8, 4) is 0 Å². The van der Waals surface area contributed by atoms with Crippen molar-refractivity contribution in [1.29, 1.82) is 0 Å². The lowest BCUT2D eigenvalue weighted by Gasteiger charge is -2.15. The molecule has 2 N–H and O–H groups in total. The SMILES string of the molecule is Cc1cc2cc(C(C)NC(=O)c3ccccc3F)ccc2[nH]1. The zero-order valence-electron chi connectivity index (χ0n) is 12.5. The molecule has 0 spiro atoms. The minimum atomic E-state index is -0.510. The van der Waals surface area contributed by atoms with Crippen LogP contribution >= 0.6 is 0 Å². The third kappa shape index (κ3) is 2.72. The lowest BCUT2D eigenvalue weighted by atomic mass is 10.1. The van der Waals surface area contributed by atoms with E-state index in [1.165, 1.54) is 12.1 Å². The number of nitrogens with one attached hydrogen (secondary N) is 2. The Kier molecular flexibility index (Phi) is 3.67. The summed E-state index contributed by atoms with van der Waals surface area (Å²) in [6.45, 7) is 3.89. The molecule has 0 saturated heterocycles. The van der Waals surface area contributed by atoms with Gasteiger partial charge in [-0.1, -0.05) is 18.2 Å². The number of benzene rings is 2. The monoisotopic (exact) mass is 296 g/mol. The predicted molar refractivity (Wildman–Crippen MR) is 85.3 cm³/mol. The van der Waals surface area contributed by atoms with Gasteiger partial charge < -0.3 is 10.3 Å². The Morgan fingerprint density at radius 2 is 1.95 bits per heavy atom. The number of aromatic nitrogens is 1. The van der Waals surface area contributed by atoms with E-state index in [1.807, 2.05) is 32.0 Å². The number of aromatic amines is 1. The summed E-state index contributed by atoms with van der Waals surface area (Å²) < 4.78 is 13.6. The highest BCUT2D eigenvalue weighted by atomic mass is 19.1. The Labute approximate surface area is 128 Å². The topological polar surface area (TPSA) is 44.9 Å². The quantitative estimate of drug-likeness (QED) is 0.750. The molecule has 3 rings (SSSR count). The smallest absolute Gasteiger partial charge is 0.254 e. The van der Waals surface area contributed by atoms with Gasteiger partial charge in [-0.2, -0.15) is 0 Å². The van der Waals surface area contributed by atoms with E-state index in [2.05, 4.69) is 16.4 Å². The fourth-order valence-electron chi connectivity index (χ4n) is 2.57. The van der Waals surface area contributed by atoms with Crippen LogP contribution in [0.25, 0.3) is 10.9 Å². The number of halogens is 1. The molecular weight excluding hydrogens is 279 g/mol. The van der Waals surface area contributed by atoms with Gasteiger partial charge in [-0.25, -0.2) is 4.39 Å². The summed E-state index contributed by atoms with van der Waals surface area (Å²) in [6.07, 6.45) is 0. The largest absolute Gasteiger partial charge is 0.359 e. The van der Waals surface area contributed by atoms with E-state index in [9.17, 15) is 9.18 Å². The summed E-state index contributed by atoms with van der Waals surface area (Å²) in [4.78, 5) is 15.4. The van der Waals surface area contributed by atoms with Crippen LogP contribution in [-0.4, -0.2) is 10.9 Å². The molecule has 0 aliphatic heterocycles. The van der Waals surface area contributed by atoms with E-state index in [-0.39, 0.29) is 11.6 Å². The van der Waals surface area contributed by atoms with Gasteiger partial charge in [0.15, 0.2) is 0 Å². The first kappa shape index (κ1) is 14.3. The Hall–Kier alpha value is -2.62. The summed E-state index contributed by atoms with van der Waals surface area (Å²) in [5.74, 6) is -0.917. The van der Waals surface area contributed by atoms with E-state index in [0.717, 1.165) is 22.2 Å². The Balaban J connectivity index is 1.82. The average Bonchev–Trinajstić information content (AvgIpc) is 2.86. The van der Waals surface area contributed by atoms with E-state index in [4.69, 9.17) is 0 Å². The minimum Gasteiger partial charge on any atom is -0.359 e. The highest BCUT2D eigenvalue weighted by molar-refractivity contribution is 5.94. The van der Waals surface area contributed by atoms with E-state index in [1.54, 1.807) is 12.1 Å². The fraction of sp³-hybridized carbons (Fsp3) is 0.167. The van der Waals surface area contributed by atoms with Gasteiger partial charge in [0.1, 0.15) is 5.82 Å². The average molecular weight is 296 g/mol. The number of hydrogen-bond acceptors (Lipinski definition) is 1. The molecule has 1 aromatic heterocycles. The van der Waals surface area contributed by atoms with Crippen LogP contribution in [0.5, 0.6) is 0 Å². The van der Waals surface area contributed by atoms with Gasteiger partial charge in [0.2, 0.25) is 0 Å². The number of rotatable bonds is 3. The number of amides is 1. The molecule has 1 heterocycles. The van der Waals surface area contributed by atoms with Crippen LogP contribution in [0, 0.1) is 12.7 Å². The highest BCUT2D eigenvalue weighted by Crippen LogP contribution is 2.21. The van der Waals surface area contributed by atoms with Crippen molar-refractivity contribution >= 4 is 16.8 Å². The lowest BCUT2D eigenvalue weighted by Crippen LogP contribution is -2.27. The Bertz CT molecular complexity index is 838. The molecule has 112 valence electrons. The van der Waals surface area contributed by atoms with Crippen molar-refractivity contribution in [1.82, 2.24) is 10.3 Å². The van der Waals surface area contributed by atoms with Gasteiger partial charge in [-0.3, -0.25) is 4.79 Å². The number of fused-ring (bicyclic) bond motifs is 1. The molecule has 1 unspecified atom stereocenters. The lowest BCUT2D eigenvalue weighted by molar-refractivity contribution is 0.0936. The van der Waals surface area contributed by atoms with Crippen LogP contribution in [-0.2, 0) is 0 Å². The summed E-state index contributed by atoms with van der Waals surface area (Å²) in [7, 11) is 0. The molecule has 0 radical (unpaired) electrons. The van der Waals surface area contributed by atoms with Crippen molar-refractivity contribution in [2.45, 2.75) is 19.9 Å². The molecule has 0 bridgehead atoms. The number of carbonyl (C=O) groups excluding carboxylic acids is 1. The van der Waals surface area contributed by atoms with Crippen molar-refractivity contribution in [2.24, 2.45) is 0 Å². The van der Waals surface area contributed by atoms with Gasteiger partial charge >= 0.3 is 0 Å². The third-order valence-corrected chi connectivity index (χ3v) is 3.75. The fourth-order valence-corrected chi connectivity index (χ4v) is 2.57. The molecule has 1 atom stereocenters. The molecule has 0 saturated carbocycles. The van der Waals surface area contributed by atoms with Gasteiger partial charge in [-0.15, -0.1) is 0 Å². The van der Waals surface area contributed by atoms with Crippen molar-refractivity contribution in [2.75, 3.05) is 0 Å². The second-order valence-electron chi connectivity index (χ2n) is 5.47. The van der Waals surface area contributed by atoms with Crippen LogP contribution in [0.1, 0.15) is 34.6 Å². The standard InChI is InChI=1S/C18H17FN2O/c1-11-9-14-10-13(7-8-17(14)20-11)12(2)21-18(22)15-5-3-4-6-16(15)19/h3-10,12,20H,1-2H3,(H,21,22). The molecule has 3 aromatic rings. The summed E-state index contributed by atoms with van der Waals surface area (Å²) >= 11 is 0. The zero-order chi connectivity index (χ0) is 15.7. The third-order valence-electron chi connectivity index (χ3n) is 3.75. The Morgan fingerprint density at radius 1 is 1.18 bits per heavy atom. The van der Waals surface area contributed by atoms with Gasteiger partial charge in [0.25, 0.3) is 5.91 Å². The van der Waals surface area contributed by atoms with Gasteiger partial charge in [0, 0.05) is 11.2 Å². The number of H-pyrrole nitrogens is 1. The highest BCUT2D eigenvalue weighted by Gasteiger charge is 2.15. The molecule has 22 heavy (non-hydrogen) atoms. The first-order valence-electron chi connectivity index (χ1n) is 7.19. The molecular formula is C18H17FN2O. The normalized spacial score (nSPS) is 12.3. The van der Waals surface area contributed by atoms with Crippen molar-refractivity contribution in [3.63, 3.8) is 0 Å². The van der Waals surface area contributed by atoms with Crippen LogP contribution < -0.4 is 5.32 Å². The van der Waals surface area contributed by atoms with Crippen LogP contribution in [0.2, 0.25) is 0 Å². The maximum atomic E-state index is 13.6. The molecule has 3 nitrogen and oxygen atoms in total. The van der Waals surface area contributed by atoms with E-state index < -0.39 is 11.7 Å². The molecule has 4 heteroatoms.